The molecular weight excluding hydrogens is 445 g/mol. The summed E-state index contributed by atoms with van der Waals surface area (Å²) in [6.45, 7) is 0. The number of anilines is 3. The smallest absolute Gasteiger partial charge is 0.181 e. The molecule has 2 aromatic heterocycles. The Bertz CT molecular complexity index is 799. The van der Waals surface area contributed by atoms with Crippen LogP contribution in [0.2, 0.25) is 0 Å². The van der Waals surface area contributed by atoms with E-state index in [0.29, 0.717) is 0 Å². The van der Waals surface area contributed by atoms with Crippen LogP contribution >= 0.6 is 38.5 Å². The van der Waals surface area contributed by atoms with Crippen LogP contribution in [-0.2, 0) is 0 Å². The third-order valence-electron chi connectivity index (χ3n) is 3.04. The topological polar surface area (TPSA) is 45.5 Å². The Morgan fingerprint density at radius 1 is 1.33 bits per heavy atom. The van der Waals surface area contributed by atoms with Crippen LogP contribution in [0.3, 0.4) is 0 Å². The van der Waals surface area contributed by atoms with Crippen molar-refractivity contribution in [2.75, 3.05) is 24.3 Å². The van der Waals surface area contributed by atoms with E-state index in [4.69, 9.17) is 0 Å². The number of fused-ring (bicyclic) bond motifs is 1. The summed E-state index contributed by atoms with van der Waals surface area (Å²) in [5.74, 6) is 0.725. The van der Waals surface area contributed by atoms with Crippen LogP contribution in [-0.4, -0.2) is 28.5 Å². The maximum Gasteiger partial charge on any atom is 0.181 e. The van der Waals surface area contributed by atoms with Crippen molar-refractivity contribution in [3.63, 3.8) is 0 Å². The number of halogens is 2. The SMILES string of the molecule is CN(C)c1cccc(Nc2nc(Br)cn3c(I)cnc23)c1. The Labute approximate surface area is 144 Å². The van der Waals surface area contributed by atoms with Gasteiger partial charge in [-0.3, -0.25) is 4.40 Å². The molecule has 21 heavy (non-hydrogen) atoms. The van der Waals surface area contributed by atoms with Crippen LogP contribution in [0.15, 0.2) is 41.3 Å². The highest BCUT2D eigenvalue weighted by molar-refractivity contribution is 14.1. The Kier molecular flexibility index (Phi) is 4.03. The molecule has 0 radical (unpaired) electrons. The molecule has 0 aliphatic rings. The maximum absolute atomic E-state index is 4.49. The van der Waals surface area contributed by atoms with Gasteiger partial charge in [0.2, 0.25) is 0 Å². The maximum atomic E-state index is 4.49. The van der Waals surface area contributed by atoms with E-state index in [1.807, 2.05) is 43.0 Å². The lowest BCUT2D eigenvalue weighted by Gasteiger charge is -2.14. The summed E-state index contributed by atoms with van der Waals surface area (Å²) < 4.78 is 3.79. The summed E-state index contributed by atoms with van der Waals surface area (Å²) in [4.78, 5) is 11.0. The number of aromatic nitrogens is 3. The second-order valence-corrected chi connectivity index (χ2v) is 6.67. The van der Waals surface area contributed by atoms with E-state index in [2.05, 4.69) is 70.8 Å². The third-order valence-corrected chi connectivity index (χ3v) is 4.22. The molecule has 0 saturated heterocycles. The number of benzene rings is 1. The van der Waals surface area contributed by atoms with E-state index in [1.54, 1.807) is 0 Å². The van der Waals surface area contributed by atoms with E-state index in [1.165, 1.54) is 0 Å². The molecule has 3 rings (SSSR count). The molecule has 0 atom stereocenters. The number of nitrogens with one attached hydrogen (secondary N) is 1. The molecule has 7 heteroatoms. The van der Waals surface area contributed by atoms with Gasteiger partial charge in [0.15, 0.2) is 11.5 Å². The molecule has 1 aromatic carbocycles. The Morgan fingerprint density at radius 2 is 2.14 bits per heavy atom. The van der Waals surface area contributed by atoms with Crippen LogP contribution in [0.5, 0.6) is 0 Å². The molecule has 5 nitrogen and oxygen atoms in total. The minimum atomic E-state index is 0.725. The second kappa shape index (κ2) is 5.80. The van der Waals surface area contributed by atoms with Gasteiger partial charge in [-0.25, -0.2) is 9.97 Å². The van der Waals surface area contributed by atoms with E-state index < -0.39 is 0 Å². The molecule has 0 aliphatic heterocycles. The van der Waals surface area contributed by atoms with Gasteiger partial charge >= 0.3 is 0 Å². The standard InChI is InChI=1S/C14H13BrIN5/c1-20(2)10-5-3-4-9(6-10)18-13-14-17-7-12(16)21(14)8-11(15)19-13/h3-8H,1-2H3,(H,18,19). The fourth-order valence-electron chi connectivity index (χ4n) is 2.01. The fraction of sp³-hybridized carbons (Fsp3) is 0.143. The minimum absolute atomic E-state index is 0.725. The lowest BCUT2D eigenvalue weighted by Crippen LogP contribution is -2.08. The van der Waals surface area contributed by atoms with Gasteiger partial charge in [-0.15, -0.1) is 0 Å². The monoisotopic (exact) mass is 457 g/mol. The number of rotatable bonds is 3. The zero-order valence-corrected chi connectivity index (χ0v) is 15.3. The van der Waals surface area contributed by atoms with Crippen LogP contribution in [0.4, 0.5) is 17.2 Å². The molecule has 0 aliphatic carbocycles. The number of hydrogen-bond donors (Lipinski definition) is 1. The molecule has 0 bridgehead atoms. The van der Waals surface area contributed by atoms with Gasteiger partial charge in [0.1, 0.15) is 8.30 Å². The van der Waals surface area contributed by atoms with Gasteiger partial charge < -0.3 is 10.2 Å². The number of hydrogen-bond acceptors (Lipinski definition) is 4. The fourth-order valence-corrected chi connectivity index (χ4v) is 2.90. The molecule has 3 aromatic rings. The third kappa shape index (κ3) is 2.98. The van der Waals surface area contributed by atoms with E-state index in [0.717, 1.165) is 31.1 Å². The average molecular weight is 458 g/mol. The minimum Gasteiger partial charge on any atom is -0.378 e. The van der Waals surface area contributed by atoms with Crippen molar-refractivity contribution in [1.82, 2.24) is 14.4 Å². The summed E-state index contributed by atoms with van der Waals surface area (Å²) in [7, 11) is 4.04. The summed E-state index contributed by atoms with van der Waals surface area (Å²) in [5, 5.41) is 3.34. The van der Waals surface area contributed by atoms with Crippen molar-refractivity contribution in [1.29, 1.82) is 0 Å². The summed E-state index contributed by atoms with van der Waals surface area (Å²) in [6, 6.07) is 8.17. The largest absolute Gasteiger partial charge is 0.378 e. The molecule has 1 N–H and O–H groups in total. The highest BCUT2D eigenvalue weighted by Gasteiger charge is 2.10. The zero-order valence-electron chi connectivity index (χ0n) is 11.5. The van der Waals surface area contributed by atoms with Crippen LogP contribution in [0.1, 0.15) is 0 Å². The van der Waals surface area contributed by atoms with Gasteiger partial charge in [0.25, 0.3) is 0 Å². The number of nitrogens with zero attached hydrogens (tertiary/aromatic N) is 4. The van der Waals surface area contributed by atoms with Gasteiger partial charge in [0.05, 0.1) is 6.20 Å². The van der Waals surface area contributed by atoms with E-state index in [-0.39, 0.29) is 0 Å². The highest BCUT2D eigenvalue weighted by Crippen LogP contribution is 2.25. The van der Waals surface area contributed by atoms with Crippen molar-refractivity contribution in [2.45, 2.75) is 0 Å². The Balaban J connectivity index is 2.03. The quantitative estimate of drug-likeness (QED) is 0.606. The molecule has 0 saturated carbocycles. The number of imidazole rings is 1. The highest BCUT2D eigenvalue weighted by atomic mass is 127. The van der Waals surface area contributed by atoms with E-state index in [9.17, 15) is 0 Å². The van der Waals surface area contributed by atoms with Crippen molar-refractivity contribution in [3.8, 4) is 0 Å². The summed E-state index contributed by atoms with van der Waals surface area (Å²) >= 11 is 5.69. The first-order valence-corrected chi connectivity index (χ1v) is 8.15. The van der Waals surface area contributed by atoms with Gasteiger partial charge in [-0.05, 0) is 56.7 Å². The van der Waals surface area contributed by atoms with Crippen molar-refractivity contribution < 1.29 is 0 Å². The zero-order chi connectivity index (χ0) is 15.0. The van der Waals surface area contributed by atoms with Gasteiger partial charge in [-0.2, -0.15) is 0 Å². The van der Waals surface area contributed by atoms with Crippen molar-refractivity contribution in [3.05, 3.63) is 45.0 Å². The van der Waals surface area contributed by atoms with Crippen molar-refractivity contribution in [2.24, 2.45) is 0 Å². The lowest BCUT2D eigenvalue weighted by atomic mass is 10.2. The van der Waals surface area contributed by atoms with E-state index >= 15 is 0 Å². The summed E-state index contributed by atoms with van der Waals surface area (Å²) in [5.41, 5.74) is 2.91. The average Bonchev–Trinajstić information content (AvgIpc) is 2.81. The second-order valence-electron chi connectivity index (χ2n) is 4.76. The molecule has 0 unspecified atom stereocenters. The first kappa shape index (κ1) is 14.6. The predicted molar refractivity (Wildman–Crippen MR) is 97.5 cm³/mol. The lowest BCUT2D eigenvalue weighted by molar-refractivity contribution is 1.08. The predicted octanol–water partition coefficient (Wildman–Crippen LogP) is 3.91. The summed E-state index contributed by atoms with van der Waals surface area (Å²) in [6.07, 6.45) is 3.73. The first-order valence-electron chi connectivity index (χ1n) is 6.28. The van der Waals surface area contributed by atoms with Crippen LogP contribution < -0.4 is 10.2 Å². The van der Waals surface area contributed by atoms with Crippen molar-refractivity contribution >= 4 is 61.4 Å². The normalized spacial score (nSPS) is 10.9. The molecule has 2 heterocycles. The van der Waals surface area contributed by atoms with Gasteiger partial charge in [0, 0.05) is 31.7 Å². The Hall–Kier alpha value is -1.35. The van der Waals surface area contributed by atoms with Crippen LogP contribution in [0, 0.1) is 3.70 Å². The van der Waals surface area contributed by atoms with Gasteiger partial charge in [-0.1, -0.05) is 6.07 Å². The molecular formula is C14H13BrIN5. The molecule has 0 amide bonds. The molecule has 0 fully saturated rings. The molecule has 108 valence electrons. The Morgan fingerprint density at radius 3 is 2.90 bits per heavy atom. The molecule has 0 spiro atoms. The first-order chi connectivity index (χ1) is 10.0. The van der Waals surface area contributed by atoms with Crippen LogP contribution in [0.25, 0.3) is 5.65 Å².